The number of hydrogen-bond donors (Lipinski definition) is 1. The number of nitrogens with two attached hydrogens (primary N) is 1. The number of hydrogen-bond acceptors (Lipinski definition) is 2. The Kier molecular flexibility index (Phi) is 9.91. The van der Waals surface area contributed by atoms with Gasteiger partial charge in [0, 0.05) is 12.8 Å². The van der Waals surface area contributed by atoms with Crippen molar-refractivity contribution < 1.29 is 4.79 Å². The highest BCUT2D eigenvalue weighted by atomic mass is 16.1. The van der Waals surface area contributed by atoms with Crippen molar-refractivity contribution in [3.63, 3.8) is 0 Å². The molecule has 0 aromatic heterocycles. The molecule has 0 atom stereocenters. The fourth-order valence-electron chi connectivity index (χ4n) is 2.12. The Morgan fingerprint density at radius 1 is 1.07 bits per heavy atom. The van der Waals surface area contributed by atoms with Crippen LogP contribution >= 0.6 is 0 Å². The fraction of sp³-hybridized carbons (Fsp3) is 0.923. The maximum Gasteiger partial charge on any atom is 0.134 e. The molecule has 0 spiro atoms. The van der Waals surface area contributed by atoms with Crippen molar-refractivity contribution in [2.45, 2.75) is 65.2 Å². The normalized spacial score (nSPS) is 10.9. The van der Waals surface area contributed by atoms with E-state index < -0.39 is 0 Å². The Morgan fingerprint density at radius 2 is 1.67 bits per heavy atom. The molecule has 0 amide bonds. The Bertz CT molecular complexity index is 151. The molecule has 15 heavy (non-hydrogen) atoms. The van der Waals surface area contributed by atoms with Gasteiger partial charge in [-0.1, -0.05) is 46.0 Å². The standard InChI is InChI=1S/C13H27NO/c1-3-6-12(7-4-2)8-5-9-13(15)10-11-14/h12H,3-11,14H2,1-2H3. The first-order valence-electron chi connectivity index (χ1n) is 6.46. The van der Waals surface area contributed by atoms with E-state index in [0.717, 1.165) is 18.8 Å². The summed E-state index contributed by atoms with van der Waals surface area (Å²) in [4.78, 5) is 11.3. The van der Waals surface area contributed by atoms with Crippen LogP contribution in [-0.4, -0.2) is 12.3 Å². The molecule has 90 valence electrons. The number of ketones is 1. The second-order valence-corrected chi connectivity index (χ2v) is 4.41. The Labute approximate surface area is 94.6 Å². The van der Waals surface area contributed by atoms with E-state index in [0.29, 0.717) is 18.7 Å². The first-order valence-corrected chi connectivity index (χ1v) is 6.46. The summed E-state index contributed by atoms with van der Waals surface area (Å²) in [6.45, 7) is 4.98. The van der Waals surface area contributed by atoms with Gasteiger partial charge >= 0.3 is 0 Å². The zero-order valence-corrected chi connectivity index (χ0v) is 10.4. The molecule has 0 saturated carbocycles. The zero-order valence-electron chi connectivity index (χ0n) is 10.4. The fourth-order valence-corrected chi connectivity index (χ4v) is 2.12. The van der Waals surface area contributed by atoms with Gasteiger partial charge in [0.2, 0.25) is 0 Å². The minimum Gasteiger partial charge on any atom is -0.330 e. The molecule has 0 aliphatic heterocycles. The van der Waals surface area contributed by atoms with Crippen LogP contribution in [0.15, 0.2) is 0 Å². The first-order chi connectivity index (χ1) is 7.24. The summed E-state index contributed by atoms with van der Waals surface area (Å²) in [5.41, 5.74) is 5.34. The molecule has 0 aromatic rings. The van der Waals surface area contributed by atoms with E-state index >= 15 is 0 Å². The molecule has 0 saturated heterocycles. The zero-order chi connectivity index (χ0) is 11.5. The smallest absolute Gasteiger partial charge is 0.134 e. The first kappa shape index (κ1) is 14.6. The Morgan fingerprint density at radius 3 is 2.13 bits per heavy atom. The maximum absolute atomic E-state index is 11.3. The monoisotopic (exact) mass is 213 g/mol. The van der Waals surface area contributed by atoms with Crippen molar-refractivity contribution in [2.75, 3.05) is 6.54 Å². The molecule has 0 radical (unpaired) electrons. The van der Waals surface area contributed by atoms with E-state index in [9.17, 15) is 4.79 Å². The highest BCUT2D eigenvalue weighted by molar-refractivity contribution is 5.78. The number of carbonyl (C=O) groups excluding carboxylic acids is 1. The van der Waals surface area contributed by atoms with Crippen LogP contribution in [0.25, 0.3) is 0 Å². The number of carbonyl (C=O) groups is 1. The number of rotatable bonds is 10. The summed E-state index contributed by atoms with van der Waals surface area (Å²) in [6.07, 6.45) is 8.75. The van der Waals surface area contributed by atoms with Gasteiger partial charge < -0.3 is 5.73 Å². The third-order valence-corrected chi connectivity index (χ3v) is 2.89. The summed E-state index contributed by atoms with van der Waals surface area (Å²) in [5, 5.41) is 0. The topological polar surface area (TPSA) is 43.1 Å². The molecular weight excluding hydrogens is 186 g/mol. The van der Waals surface area contributed by atoms with Gasteiger partial charge in [0.15, 0.2) is 0 Å². The van der Waals surface area contributed by atoms with E-state index in [1.54, 1.807) is 0 Å². The quantitative estimate of drug-likeness (QED) is 0.605. The predicted octanol–water partition coefficient (Wildman–Crippen LogP) is 3.29. The average molecular weight is 213 g/mol. The molecule has 2 N–H and O–H groups in total. The van der Waals surface area contributed by atoms with E-state index in [1.807, 2.05) is 0 Å². The summed E-state index contributed by atoms with van der Waals surface area (Å²) in [7, 11) is 0. The molecule has 0 unspecified atom stereocenters. The van der Waals surface area contributed by atoms with Gasteiger partial charge in [0.25, 0.3) is 0 Å². The number of Topliss-reactive ketones (excluding diaryl/α,β-unsaturated/α-hetero) is 1. The maximum atomic E-state index is 11.3. The molecule has 2 nitrogen and oxygen atoms in total. The van der Waals surface area contributed by atoms with Gasteiger partial charge in [0.05, 0.1) is 0 Å². The summed E-state index contributed by atoms with van der Waals surface area (Å²) in [5.74, 6) is 1.18. The van der Waals surface area contributed by atoms with Crippen LogP contribution in [0.3, 0.4) is 0 Å². The molecule has 0 heterocycles. The van der Waals surface area contributed by atoms with Crippen LogP contribution < -0.4 is 5.73 Å². The lowest BCUT2D eigenvalue weighted by Gasteiger charge is -2.14. The van der Waals surface area contributed by atoms with Crippen LogP contribution in [0.5, 0.6) is 0 Å². The summed E-state index contributed by atoms with van der Waals surface area (Å²) >= 11 is 0. The van der Waals surface area contributed by atoms with Crippen LogP contribution in [0, 0.1) is 5.92 Å². The molecule has 0 rings (SSSR count). The largest absolute Gasteiger partial charge is 0.330 e. The minimum absolute atomic E-state index is 0.337. The van der Waals surface area contributed by atoms with E-state index in [-0.39, 0.29) is 0 Å². The van der Waals surface area contributed by atoms with Gasteiger partial charge in [-0.2, -0.15) is 0 Å². The van der Waals surface area contributed by atoms with Gasteiger partial charge in [0.1, 0.15) is 5.78 Å². The van der Waals surface area contributed by atoms with Crippen molar-refractivity contribution in [1.29, 1.82) is 0 Å². The molecule has 0 aromatic carbocycles. The highest BCUT2D eigenvalue weighted by Gasteiger charge is 2.07. The van der Waals surface area contributed by atoms with Crippen LogP contribution in [0.2, 0.25) is 0 Å². The van der Waals surface area contributed by atoms with Crippen molar-refractivity contribution in [1.82, 2.24) is 0 Å². The van der Waals surface area contributed by atoms with Crippen molar-refractivity contribution in [2.24, 2.45) is 11.7 Å². The molecule has 0 bridgehead atoms. The Hall–Kier alpha value is -0.370. The van der Waals surface area contributed by atoms with Crippen molar-refractivity contribution >= 4 is 5.78 Å². The van der Waals surface area contributed by atoms with Crippen LogP contribution in [-0.2, 0) is 4.79 Å². The van der Waals surface area contributed by atoms with Gasteiger partial charge in [-0.25, -0.2) is 0 Å². The average Bonchev–Trinajstić information content (AvgIpc) is 2.19. The lowest BCUT2D eigenvalue weighted by atomic mass is 9.92. The second-order valence-electron chi connectivity index (χ2n) is 4.41. The van der Waals surface area contributed by atoms with Crippen molar-refractivity contribution in [3.05, 3.63) is 0 Å². The summed E-state index contributed by atoms with van der Waals surface area (Å²) < 4.78 is 0. The lowest BCUT2D eigenvalue weighted by molar-refractivity contribution is -0.119. The SMILES string of the molecule is CCCC(CCC)CCCC(=O)CCN. The molecule has 0 aliphatic rings. The van der Waals surface area contributed by atoms with Crippen molar-refractivity contribution in [3.8, 4) is 0 Å². The van der Waals surface area contributed by atoms with Gasteiger partial charge in [-0.05, 0) is 18.9 Å². The Balaban J connectivity index is 3.55. The lowest BCUT2D eigenvalue weighted by Crippen LogP contribution is -2.08. The molecule has 2 heteroatoms. The third-order valence-electron chi connectivity index (χ3n) is 2.89. The van der Waals surface area contributed by atoms with Crippen LogP contribution in [0.4, 0.5) is 0 Å². The predicted molar refractivity (Wildman–Crippen MR) is 65.8 cm³/mol. The van der Waals surface area contributed by atoms with Gasteiger partial charge in [-0.15, -0.1) is 0 Å². The van der Waals surface area contributed by atoms with E-state index in [4.69, 9.17) is 5.73 Å². The van der Waals surface area contributed by atoms with Gasteiger partial charge in [-0.3, -0.25) is 4.79 Å². The highest BCUT2D eigenvalue weighted by Crippen LogP contribution is 2.20. The third kappa shape index (κ3) is 8.61. The van der Waals surface area contributed by atoms with E-state index in [1.165, 1.54) is 32.1 Å². The molecule has 0 fully saturated rings. The summed E-state index contributed by atoms with van der Waals surface area (Å²) in [6, 6.07) is 0. The minimum atomic E-state index is 0.337. The van der Waals surface area contributed by atoms with E-state index in [2.05, 4.69) is 13.8 Å². The van der Waals surface area contributed by atoms with Crippen LogP contribution in [0.1, 0.15) is 65.2 Å². The molecular formula is C13H27NO. The molecule has 0 aliphatic carbocycles. The second kappa shape index (κ2) is 10.2.